The zero-order valence-electron chi connectivity index (χ0n) is 11.0. The van der Waals surface area contributed by atoms with Crippen molar-refractivity contribution in [2.45, 2.75) is 19.0 Å². The van der Waals surface area contributed by atoms with Crippen LogP contribution < -0.4 is 5.32 Å². The van der Waals surface area contributed by atoms with Crippen LogP contribution in [0.15, 0.2) is 53.0 Å². The quantitative estimate of drug-likeness (QED) is 0.840. The first-order valence-corrected chi connectivity index (χ1v) is 7.33. The van der Waals surface area contributed by atoms with Gasteiger partial charge in [0.2, 0.25) is 0 Å². The molecule has 106 valence electrons. The van der Waals surface area contributed by atoms with Crippen molar-refractivity contribution in [3.8, 4) is 0 Å². The van der Waals surface area contributed by atoms with Gasteiger partial charge in [0, 0.05) is 23.7 Å². The fourth-order valence-electron chi connectivity index (χ4n) is 2.11. The summed E-state index contributed by atoms with van der Waals surface area (Å²) in [5, 5.41) is 12.5. The Labute approximate surface area is 126 Å². The molecule has 2 rings (SSSR count). The Morgan fingerprint density at radius 3 is 2.60 bits per heavy atom. The average Bonchev–Trinajstić information content (AvgIpc) is 2.47. The van der Waals surface area contributed by atoms with Crippen LogP contribution in [0.3, 0.4) is 0 Å². The summed E-state index contributed by atoms with van der Waals surface area (Å²) in [6.45, 7) is 0.648. The van der Waals surface area contributed by atoms with E-state index in [2.05, 4.69) is 21.2 Å². The Balaban J connectivity index is 2.07. The van der Waals surface area contributed by atoms with Crippen molar-refractivity contribution in [2.24, 2.45) is 0 Å². The van der Waals surface area contributed by atoms with Gasteiger partial charge in [-0.2, -0.15) is 0 Å². The topological polar surface area (TPSA) is 32.3 Å². The highest BCUT2D eigenvalue weighted by atomic mass is 79.9. The van der Waals surface area contributed by atoms with E-state index in [0.717, 1.165) is 15.6 Å². The van der Waals surface area contributed by atoms with Gasteiger partial charge in [-0.3, -0.25) is 0 Å². The minimum Gasteiger partial charge on any atom is -0.396 e. The Morgan fingerprint density at radius 2 is 1.90 bits per heavy atom. The van der Waals surface area contributed by atoms with Crippen LogP contribution in [0.1, 0.15) is 23.6 Å². The van der Waals surface area contributed by atoms with Gasteiger partial charge >= 0.3 is 0 Å². The van der Waals surface area contributed by atoms with Gasteiger partial charge in [0.1, 0.15) is 5.82 Å². The lowest BCUT2D eigenvalue weighted by atomic mass is 10.0. The van der Waals surface area contributed by atoms with E-state index in [0.29, 0.717) is 13.0 Å². The van der Waals surface area contributed by atoms with E-state index >= 15 is 0 Å². The first-order valence-electron chi connectivity index (χ1n) is 6.54. The lowest BCUT2D eigenvalue weighted by Gasteiger charge is -2.19. The molecule has 0 aromatic heterocycles. The van der Waals surface area contributed by atoms with Gasteiger partial charge in [0.15, 0.2) is 0 Å². The molecular formula is C16H17BrFNO. The van der Waals surface area contributed by atoms with Crippen LogP contribution in [0, 0.1) is 5.82 Å². The van der Waals surface area contributed by atoms with E-state index in [1.807, 2.05) is 30.3 Å². The molecule has 2 nitrogen and oxygen atoms in total. The van der Waals surface area contributed by atoms with Gasteiger partial charge < -0.3 is 10.4 Å². The SMILES string of the molecule is OCC[C@@H](NCc1cc(F)ccc1Br)c1ccccc1. The van der Waals surface area contributed by atoms with Crippen LogP contribution in [-0.2, 0) is 6.54 Å². The predicted molar refractivity (Wildman–Crippen MR) is 81.8 cm³/mol. The maximum absolute atomic E-state index is 13.3. The first kappa shape index (κ1) is 15.2. The summed E-state index contributed by atoms with van der Waals surface area (Å²) in [5.41, 5.74) is 1.98. The summed E-state index contributed by atoms with van der Waals surface area (Å²) in [6, 6.07) is 14.6. The van der Waals surface area contributed by atoms with Crippen molar-refractivity contribution < 1.29 is 9.50 Å². The van der Waals surface area contributed by atoms with Crippen LogP contribution in [0.2, 0.25) is 0 Å². The molecule has 0 aliphatic rings. The summed E-state index contributed by atoms with van der Waals surface area (Å²) >= 11 is 3.42. The van der Waals surface area contributed by atoms with Crippen molar-refractivity contribution in [1.82, 2.24) is 5.32 Å². The number of aliphatic hydroxyl groups excluding tert-OH is 1. The number of hydrogen-bond acceptors (Lipinski definition) is 2. The average molecular weight is 338 g/mol. The fraction of sp³-hybridized carbons (Fsp3) is 0.250. The molecule has 0 radical (unpaired) electrons. The monoisotopic (exact) mass is 337 g/mol. The highest BCUT2D eigenvalue weighted by molar-refractivity contribution is 9.10. The summed E-state index contributed by atoms with van der Waals surface area (Å²) in [6.07, 6.45) is 0.622. The minimum atomic E-state index is -0.247. The summed E-state index contributed by atoms with van der Waals surface area (Å²) < 4.78 is 14.1. The Bertz CT molecular complexity index is 547. The standard InChI is InChI=1S/C16H17BrFNO/c17-15-7-6-14(18)10-13(15)11-19-16(8-9-20)12-4-2-1-3-5-12/h1-7,10,16,19-20H,8-9,11H2/t16-/m1/s1. The second-order valence-corrected chi connectivity index (χ2v) is 5.45. The zero-order valence-corrected chi connectivity index (χ0v) is 12.6. The number of rotatable bonds is 6. The molecule has 0 spiro atoms. The third kappa shape index (κ3) is 4.13. The Kier molecular flexibility index (Phi) is 5.71. The molecule has 0 aliphatic heterocycles. The molecule has 20 heavy (non-hydrogen) atoms. The normalized spacial score (nSPS) is 12.3. The third-order valence-corrected chi connectivity index (χ3v) is 3.94. The highest BCUT2D eigenvalue weighted by Gasteiger charge is 2.11. The largest absolute Gasteiger partial charge is 0.396 e. The molecule has 1 atom stereocenters. The van der Waals surface area contributed by atoms with E-state index in [-0.39, 0.29) is 18.5 Å². The zero-order chi connectivity index (χ0) is 14.4. The molecule has 0 saturated heterocycles. The molecule has 0 bridgehead atoms. The second kappa shape index (κ2) is 7.53. The number of hydrogen-bond donors (Lipinski definition) is 2. The van der Waals surface area contributed by atoms with E-state index < -0.39 is 0 Å². The van der Waals surface area contributed by atoms with Crippen molar-refractivity contribution in [2.75, 3.05) is 6.61 Å². The summed E-state index contributed by atoms with van der Waals surface area (Å²) in [5.74, 6) is -0.247. The van der Waals surface area contributed by atoms with Gasteiger partial charge in [-0.1, -0.05) is 46.3 Å². The molecule has 0 amide bonds. The van der Waals surface area contributed by atoms with Gasteiger partial charge in [-0.05, 0) is 35.7 Å². The van der Waals surface area contributed by atoms with E-state index in [1.165, 1.54) is 12.1 Å². The van der Waals surface area contributed by atoms with Crippen molar-refractivity contribution in [3.05, 3.63) is 69.9 Å². The van der Waals surface area contributed by atoms with Gasteiger partial charge in [-0.25, -0.2) is 4.39 Å². The summed E-state index contributed by atoms with van der Waals surface area (Å²) in [7, 11) is 0. The molecule has 2 aromatic rings. The molecule has 0 saturated carbocycles. The predicted octanol–water partition coefficient (Wildman–Crippen LogP) is 3.80. The number of halogens is 2. The smallest absolute Gasteiger partial charge is 0.123 e. The molecule has 0 heterocycles. The molecule has 4 heteroatoms. The lowest BCUT2D eigenvalue weighted by Crippen LogP contribution is -2.22. The van der Waals surface area contributed by atoms with Crippen molar-refractivity contribution >= 4 is 15.9 Å². The molecule has 0 unspecified atom stereocenters. The molecule has 0 aliphatic carbocycles. The second-order valence-electron chi connectivity index (χ2n) is 4.59. The first-order chi connectivity index (χ1) is 9.70. The lowest BCUT2D eigenvalue weighted by molar-refractivity contribution is 0.265. The van der Waals surface area contributed by atoms with E-state index in [4.69, 9.17) is 0 Å². The Morgan fingerprint density at radius 1 is 1.15 bits per heavy atom. The molecule has 0 fully saturated rings. The number of nitrogens with one attached hydrogen (secondary N) is 1. The summed E-state index contributed by atoms with van der Waals surface area (Å²) in [4.78, 5) is 0. The maximum Gasteiger partial charge on any atom is 0.123 e. The number of aliphatic hydroxyl groups is 1. The van der Waals surface area contributed by atoms with Crippen LogP contribution in [0.25, 0.3) is 0 Å². The van der Waals surface area contributed by atoms with Crippen LogP contribution in [0.5, 0.6) is 0 Å². The van der Waals surface area contributed by atoms with Crippen LogP contribution in [-0.4, -0.2) is 11.7 Å². The Hall–Kier alpha value is -1.23. The maximum atomic E-state index is 13.3. The number of benzene rings is 2. The van der Waals surface area contributed by atoms with Crippen LogP contribution in [0.4, 0.5) is 4.39 Å². The van der Waals surface area contributed by atoms with E-state index in [9.17, 15) is 9.50 Å². The van der Waals surface area contributed by atoms with Gasteiger partial charge in [0.25, 0.3) is 0 Å². The van der Waals surface area contributed by atoms with Crippen molar-refractivity contribution in [3.63, 3.8) is 0 Å². The molecular weight excluding hydrogens is 321 g/mol. The van der Waals surface area contributed by atoms with Gasteiger partial charge in [-0.15, -0.1) is 0 Å². The van der Waals surface area contributed by atoms with Gasteiger partial charge in [0.05, 0.1) is 0 Å². The fourth-order valence-corrected chi connectivity index (χ4v) is 2.50. The van der Waals surface area contributed by atoms with E-state index in [1.54, 1.807) is 6.07 Å². The highest BCUT2D eigenvalue weighted by Crippen LogP contribution is 2.21. The molecule has 2 aromatic carbocycles. The minimum absolute atomic E-state index is 0.0522. The molecule has 2 N–H and O–H groups in total. The third-order valence-electron chi connectivity index (χ3n) is 3.17. The van der Waals surface area contributed by atoms with Crippen molar-refractivity contribution in [1.29, 1.82) is 0 Å². The van der Waals surface area contributed by atoms with Crippen LogP contribution >= 0.6 is 15.9 Å².